The van der Waals surface area contributed by atoms with Crippen LogP contribution in [0.5, 0.6) is 5.75 Å². The van der Waals surface area contributed by atoms with E-state index in [1.54, 1.807) is 18.2 Å². The molecule has 2 nitrogen and oxygen atoms in total. The lowest BCUT2D eigenvalue weighted by atomic mass is 10.3. The molecule has 74 valence electrons. The van der Waals surface area contributed by atoms with Crippen LogP contribution in [-0.4, -0.2) is 12.0 Å². The highest BCUT2D eigenvalue weighted by atomic mass is 35.5. The molecule has 0 amide bonds. The normalized spacial score (nSPS) is 11.9. The quantitative estimate of drug-likeness (QED) is 0.769. The van der Waals surface area contributed by atoms with Crippen molar-refractivity contribution in [1.82, 2.24) is 0 Å². The van der Waals surface area contributed by atoms with Gasteiger partial charge >= 0.3 is 0 Å². The Morgan fingerprint density at radius 3 is 2.71 bits per heavy atom. The predicted molar refractivity (Wildman–Crippen MR) is 57.2 cm³/mol. The summed E-state index contributed by atoms with van der Waals surface area (Å²) in [5.74, 6) is 0.469. The first-order valence-corrected chi connectivity index (χ1v) is 4.94. The van der Waals surface area contributed by atoms with Gasteiger partial charge in [0.1, 0.15) is 12.4 Å². The molecule has 0 heterocycles. The first-order chi connectivity index (χ1) is 6.63. The topological polar surface area (TPSA) is 33.0 Å². The molecule has 0 aromatic heterocycles. The number of hydrogen-bond donors (Lipinski definition) is 0. The van der Waals surface area contributed by atoms with Gasteiger partial charge in [0, 0.05) is 5.02 Å². The van der Waals surface area contributed by atoms with E-state index in [1.807, 2.05) is 6.07 Å². The van der Waals surface area contributed by atoms with E-state index in [9.17, 15) is 0 Å². The summed E-state index contributed by atoms with van der Waals surface area (Å²) >= 11 is 17.1. The smallest absolute Gasteiger partial charge is 0.154 e. The molecule has 5 heteroatoms. The van der Waals surface area contributed by atoms with Crippen molar-refractivity contribution in [3.05, 3.63) is 28.2 Å². The molecular formula is C9H6Cl3NO. The highest BCUT2D eigenvalue weighted by Gasteiger charge is 2.06. The summed E-state index contributed by atoms with van der Waals surface area (Å²) in [6.07, 6.45) is 0. The molecule has 1 aromatic rings. The van der Waals surface area contributed by atoms with Crippen LogP contribution in [0.2, 0.25) is 10.0 Å². The second-order valence-electron chi connectivity index (χ2n) is 2.48. The van der Waals surface area contributed by atoms with Crippen LogP contribution < -0.4 is 4.74 Å². The third-order valence-electron chi connectivity index (χ3n) is 1.42. The second kappa shape index (κ2) is 5.31. The van der Waals surface area contributed by atoms with E-state index in [0.29, 0.717) is 15.8 Å². The van der Waals surface area contributed by atoms with Gasteiger partial charge in [-0.05, 0) is 18.2 Å². The van der Waals surface area contributed by atoms with Gasteiger partial charge < -0.3 is 4.74 Å². The zero-order valence-corrected chi connectivity index (χ0v) is 9.27. The lowest BCUT2D eigenvalue weighted by molar-refractivity contribution is 0.329. The number of ether oxygens (including phenoxy) is 1. The highest BCUT2D eigenvalue weighted by molar-refractivity contribution is 6.35. The number of rotatable bonds is 3. The van der Waals surface area contributed by atoms with Gasteiger partial charge in [-0.15, -0.1) is 11.6 Å². The predicted octanol–water partition coefficient (Wildman–Crippen LogP) is 3.50. The number of nitrogens with zero attached hydrogens (tertiary/aromatic N) is 1. The molecule has 14 heavy (non-hydrogen) atoms. The Morgan fingerprint density at radius 1 is 1.43 bits per heavy atom. The maximum absolute atomic E-state index is 8.41. The molecule has 1 rings (SSSR count). The van der Waals surface area contributed by atoms with Gasteiger partial charge in [0.05, 0.1) is 11.1 Å². The fraction of sp³-hybridized carbons (Fsp3) is 0.222. The van der Waals surface area contributed by atoms with E-state index >= 15 is 0 Å². The third kappa shape index (κ3) is 3.26. The van der Waals surface area contributed by atoms with Gasteiger partial charge in [-0.2, -0.15) is 5.26 Å². The average Bonchev–Trinajstić information content (AvgIpc) is 2.16. The number of hydrogen-bond acceptors (Lipinski definition) is 2. The van der Waals surface area contributed by atoms with Crippen molar-refractivity contribution in [2.75, 3.05) is 6.61 Å². The first kappa shape index (κ1) is 11.5. The molecule has 0 fully saturated rings. The largest absolute Gasteiger partial charge is 0.489 e. The minimum atomic E-state index is -0.679. The zero-order chi connectivity index (χ0) is 10.6. The Balaban J connectivity index is 2.64. The number of nitriles is 1. The molecule has 1 atom stereocenters. The highest BCUT2D eigenvalue weighted by Crippen LogP contribution is 2.27. The van der Waals surface area contributed by atoms with E-state index in [-0.39, 0.29) is 6.61 Å². The van der Waals surface area contributed by atoms with Crippen molar-refractivity contribution >= 4 is 34.8 Å². The molecular weight excluding hydrogens is 244 g/mol. The van der Waals surface area contributed by atoms with E-state index in [0.717, 1.165) is 0 Å². The van der Waals surface area contributed by atoms with Crippen molar-refractivity contribution in [2.45, 2.75) is 5.38 Å². The molecule has 0 aliphatic heterocycles. The minimum Gasteiger partial charge on any atom is -0.489 e. The van der Waals surface area contributed by atoms with Gasteiger partial charge in [0.25, 0.3) is 0 Å². The van der Waals surface area contributed by atoms with Crippen LogP contribution in [0.3, 0.4) is 0 Å². The van der Waals surface area contributed by atoms with Gasteiger partial charge in [0.2, 0.25) is 0 Å². The summed E-state index contributed by atoms with van der Waals surface area (Å²) in [5.41, 5.74) is 0. The Bertz CT molecular complexity index is 362. The number of alkyl halides is 1. The monoisotopic (exact) mass is 249 g/mol. The number of benzene rings is 1. The fourth-order valence-corrected chi connectivity index (χ4v) is 1.32. The summed E-state index contributed by atoms with van der Waals surface area (Å²) in [4.78, 5) is 0. The molecule has 0 spiro atoms. The Hall–Kier alpha value is -0.620. The second-order valence-corrected chi connectivity index (χ2v) is 3.85. The van der Waals surface area contributed by atoms with Crippen LogP contribution in [-0.2, 0) is 0 Å². The van der Waals surface area contributed by atoms with Gasteiger partial charge in [-0.1, -0.05) is 23.2 Å². The SMILES string of the molecule is N#CC(Cl)COc1ccc(Cl)cc1Cl. The van der Waals surface area contributed by atoms with E-state index < -0.39 is 5.38 Å². The van der Waals surface area contributed by atoms with Crippen LogP contribution in [0.15, 0.2) is 18.2 Å². The molecule has 0 saturated heterocycles. The van der Waals surface area contributed by atoms with Gasteiger partial charge in [0.15, 0.2) is 5.38 Å². The van der Waals surface area contributed by atoms with Crippen LogP contribution in [0.25, 0.3) is 0 Å². The molecule has 1 unspecified atom stereocenters. The van der Waals surface area contributed by atoms with Gasteiger partial charge in [-0.25, -0.2) is 0 Å². The summed E-state index contributed by atoms with van der Waals surface area (Å²) < 4.78 is 5.20. The molecule has 0 aliphatic carbocycles. The maximum Gasteiger partial charge on any atom is 0.154 e. The Kier molecular flexibility index (Phi) is 4.34. The average molecular weight is 251 g/mol. The van der Waals surface area contributed by atoms with Gasteiger partial charge in [-0.3, -0.25) is 0 Å². The summed E-state index contributed by atoms with van der Waals surface area (Å²) in [6.45, 7) is 0.0966. The van der Waals surface area contributed by atoms with E-state index in [1.165, 1.54) is 0 Å². The molecule has 0 saturated carbocycles. The molecule has 0 N–H and O–H groups in total. The molecule has 1 aromatic carbocycles. The molecule has 0 aliphatic rings. The standard InChI is InChI=1S/C9H6Cl3NO/c10-6-1-2-9(8(12)3-6)14-5-7(11)4-13/h1-3,7H,5H2. The van der Waals surface area contributed by atoms with Crippen LogP contribution in [0.4, 0.5) is 0 Å². The van der Waals surface area contributed by atoms with Crippen molar-refractivity contribution in [2.24, 2.45) is 0 Å². The molecule has 0 radical (unpaired) electrons. The Morgan fingerprint density at radius 2 is 2.14 bits per heavy atom. The third-order valence-corrected chi connectivity index (χ3v) is 2.17. The van der Waals surface area contributed by atoms with Crippen LogP contribution in [0, 0.1) is 11.3 Å². The van der Waals surface area contributed by atoms with E-state index in [4.69, 9.17) is 44.8 Å². The van der Waals surface area contributed by atoms with E-state index in [2.05, 4.69) is 0 Å². The Labute approximate surface area is 96.9 Å². The van der Waals surface area contributed by atoms with Crippen LogP contribution in [0.1, 0.15) is 0 Å². The molecule has 0 bridgehead atoms. The van der Waals surface area contributed by atoms with Crippen molar-refractivity contribution < 1.29 is 4.74 Å². The van der Waals surface area contributed by atoms with Crippen LogP contribution >= 0.6 is 34.8 Å². The maximum atomic E-state index is 8.41. The van der Waals surface area contributed by atoms with Crippen molar-refractivity contribution in [1.29, 1.82) is 5.26 Å². The number of halogens is 3. The summed E-state index contributed by atoms with van der Waals surface area (Å²) in [7, 11) is 0. The van der Waals surface area contributed by atoms with Crippen molar-refractivity contribution in [3.63, 3.8) is 0 Å². The first-order valence-electron chi connectivity index (χ1n) is 3.75. The lowest BCUT2D eigenvalue weighted by Gasteiger charge is -2.07. The minimum absolute atomic E-state index is 0.0966. The zero-order valence-electron chi connectivity index (χ0n) is 7.01. The van der Waals surface area contributed by atoms with Crippen molar-refractivity contribution in [3.8, 4) is 11.8 Å². The summed E-state index contributed by atoms with van der Waals surface area (Å²) in [5, 5.41) is 8.67. The summed E-state index contributed by atoms with van der Waals surface area (Å²) in [6, 6.07) is 6.68. The fourth-order valence-electron chi connectivity index (χ4n) is 0.792. The lowest BCUT2D eigenvalue weighted by Crippen LogP contribution is -2.09.